The van der Waals surface area contributed by atoms with E-state index in [9.17, 15) is 4.79 Å². The molecule has 0 radical (unpaired) electrons. The van der Waals surface area contributed by atoms with Crippen LogP contribution in [0, 0.1) is 0 Å². The van der Waals surface area contributed by atoms with E-state index in [0.717, 1.165) is 18.7 Å². The fourth-order valence-electron chi connectivity index (χ4n) is 2.87. The third-order valence-corrected chi connectivity index (χ3v) is 4.66. The second-order valence-electron chi connectivity index (χ2n) is 5.97. The number of rotatable bonds is 6. The van der Waals surface area contributed by atoms with Crippen molar-refractivity contribution in [2.75, 3.05) is 26.7 Å². The van der Waals surface area contributed by atoms with Gasteiger partial charge in [-0.25, -0.2) is 0 Å². The van der Waals surface area contributed by atoms with Crippen LogP contribution >= 0.6 is 24.0 Å². The highest BCUT2D eigenvalue weighted by Gasteiger charge is 2.39. The van der Waals surface area contributed by atoms with Crippen molar-refractivity contribution in [2.24, 2.45) is 0 Å². The number of carbonyl (C=O) groups is 1. The molecule has 0 saturated carbocycles. The zero-order valence-corrected chi connectivity index (χ0v) is 16.0. The number of hydrogen-bond acceptors (Lipinski definition) is 6. The molecule has 7 nitrogen and oxygen atoms in total. The van der Waals surface area contributed by atoms with E-state index in [4.69, 9.17) is 20.9 Å². The quantitative estimate of drug-likeness (QED) is 0.772. The van der Waals surface area contributed by atoms with E-state index in [1.165, 1.54) is 0 Å². The fourth-order valence-corrected chi connectivity index (χ4v) is 3.00. The van der Waals surface area contributed by atoms with Crippen LogP contribution in [0.1, 0.15) is 18.7 Å². The fraction of sp³-hybridized carbons (Fsp3) is 0.471. The Labute approximate surface area is 163 Å². The Hall–Kier alpha value is -1.67. The summed E-state index contributed by atoms with van der Waals surface area (Å²) in [6.45, 7) is 1.96. The van der Waals surface area contributed by atoms with Gasteiger partial charge < -0.3 is 19.9 Å². The minimum atomic E-state index is -0.742. The highest BCUT2D eigenvalue weighted by molar-refractivity contribution is 6.30. The Morgan fingerprint density at radius 1 is 1.35 bits per heavy atom. The minimum Gasteiger partial charge on any atom is -0.368 e. The molecular formula is C17H22Cl2N4O3. The van der Waals surface area contributed by atoms with Gasteiger partial charge in [-0.3, -0.25) is 4.79 Å². The van der Waals surface area contributed by atoms with E-state index < -0.39 is 5.60 Å². The number of aromatic nitrogens is 2. The number of nitrogens with zero attached hydrogens (tertiary/aromatic N) is 2. The normalized spacial score (nSPS) is 15.9. The zero-order chi connectivity index (χ0) is 17.7. The lowest BCUT2D eigenvalue weighted by Gasteiger charge is -2.34. The van der Waals surface area contributed by atoms with E-state index in [1.807, 2.05) is 12.1 Å². The molecule has 2 heterocycles. The summed E-state index contributed by atoms with van der Waals surface area (Å²) in [4.78, 5) is 16.8. The average molecular weight is 401 g/mol. The number of nitrogens with one attached hydrogen (secondary N) is 2. The van der Waals surface area contributed by atoms with Crippen molar-refractivity contribution in [1.29, 1.82) is 0 Å². The van der Waals surface area contributed by atoms with Gasteiger partial charge in [0.15, 0.2) is 0 Å². The number of amides is 1. The van der Waals surface area contributed by atoms with Crippen LogP contribution in [0.5, 0.6) is 0 Å². The first-order valence-electron chi connectivity index (χ1n) is 8.26. The van der Waals surface area contributed by atoms with Gasteiger partial charge in [0.2, 0.25) is 11.7 Å². The summed E-state index contributed by atoms with van der Waals surface area (Å²) in [6.07, 6.45) is 1.79. The highest BCUT2D eigenvalue weighted by atomic mass is 35.5. The van der Waals surface area contributed by atoms with Crippen LogP contribution in [-0.2, 0) is 16.0 Å². The number of piperidine rings is 1. The first-order chi connectivity index (χ1) is 12.1. The molecule has 0 aliphatic carbocycles. The van der Waals surface area contributed by atoms with Gasteiger partial charge in [0, 0.05) is 30.7 Å². The molecule has 0 bridgehead atoms. The Bertz CT molecular complexity index is 715. The predicted octanol–water partition coefficient (Wildman–Crippen LogP) is 2.24. The standard InChI is InChI=1S/C17H21ClN4O3.ClH/c1-24-17(7-10-19-11-8-17)16(23)20-9-6-14-21-15(22-25-14)12-2-4-13(18)5-3-12;/h2-5,19H,6-11H2,1H3,(H,20,23);1H. The Morgan fingerprint density at radius 2 is 2.04 bits per heavy atom. The lowest BCUT2D eigenvalue weighted by atomic mass is 9.91. The number of methoxy groups -OCH3 is 1. The van der Waals surface area contributed by atoms with Crippen molar-refractivity contribution in [3.8, 4) is 11.4 Å². The van der Waals surface area contributed by atoms with E-state index in [2.05, 4.69) is 20.8 Å². The second-order valence-corrected chi connectivity index (χ2v) is 6.41. The van der Waals surface area contributed by atoms with E-state index in [0.29, 0.717) is 42.5 Å². The van der Waals surface area contributed by atoms with Gasteiger partial charge in [0.05, 0.1) is 0 Å². The second kappa shape index (κ2) is 9.32. The molecule has 1 saturated heterocycles. The highest BCUT2D eigenvalue weighted by Crippen LogP contribution is 2.22. The molecule has 1 aromatic carbocycles. The van der Waals surface area contributed by atoms with E-state index in [-0.39, 0.29) is 18.3 Å². The van der Waals surface area contributed by atoms with Crippen LogP contribution in [0.3, 0.4) is 0 Å². The van der Waals surface area contributed by atoms with Gasteiger partial charge in [-0.15, -0.1) is 12.4 Å². The van der Waals surface area contributed by atoms with Gasteiger partial charge in [-0.05, 0) is 50.2 Å². The van der Waals surface area contributed by atoms with Gasteiger partial charge in [-0.2, -0.15) is 4.98 Å². The Morgan fingerprint density at radius 3 is 2.69 bits per heavy atom. The number of carbonyl (C=O) groups excluding carboxylic acids is 1. The van der Waals surface area contributed by atoms with Gasteiger partial charge >= 0.3 is 0 Å². The number of hydrogen-bond donors (Lipinski definition) is 2. The molecule has 2 N–H and O–H groups in total. The predicted molar refractivity (Wildman–Crippen MR) is 101 cm³/mol. The maximum absolute atomic E-state index is 12.5. The van der Waals surface area contributed by atoms with Crippen LogP contribution in [0.25, 0.3) is 11.4 Å². The van der Waals surface area contributed by atoms with Crippen molar-refractivity contribution in [3.63, 3.8) is 0 Å². The molecule has 0 spiro atoms. The molecule has 0 atom stereocenters. The zero-order valence-electron chi connectivity index (χ0n) is 14.5. The summed E-state index contributed by atoms with van der Waals surface area (Å²) in [5.74, 6) is 0.890. The molecule has 1 aliphatic heterocycles. The molecule has 9 heteroatoms. The minimum absolute atomic E-state index is 0. The largest absolute Gasteiger partial charge is 0.368 e. The number of benzene rings is 1. The maximum atomic E-state index is 12.5. The van der Waals surface area contributed by atoms with Crippen molar-refractivity contribution >= 4 is 29.9 Å². The van der Waals surface area contributed by atoms with E-state index >= 15 is 0 Å². The molecule has 1 amide bonds. The molecule has 1 fully saturated rings. The Balaban J connectivity index is 0.00000243. The van der Waals surface area contributed by atoms with E-state index in [1.54, 1.807) is 19.2 Å². The lowest BCUT2D eigenvalue weighted by Crippen LogP contribution is -2.54. The molecular weight excluding hydrogens is 379 g/mol. The van der Waals surface area contributed by atoms with Crippen molar-refractivity contribution in [1.82, 2.24) is 20.8 Å². The van der Waals surface area contributed by atoms with Crippen LogP contribution in [-0.4, -0.2) is 48.4 Å². The van der Waals surface area contributed by atoms with Crippen LogP contribution in [0.15, 0.2) is 28.8 Å². The lowest BCUT2D eigenvalue weighted by molar-refractivity contribution is -0.146. The third-order valence-electron chi connectivity index (χ3n) is 4.41. The Kier molecular flexibility index (Phi) is 7.40. The summed E-state index contributed by atoms with van der Waals surface area (Å²) in [7, 11) is 1.58. The molecule has 1 aromatic heterocycles. The molecule has 142 valence electrons. The van der Waals surface area contributed by atoms with Crippen molar-refractivity contribution in [2.45, 2.75) is 24.9 Å². The van der Waals surface area contributed by atoms with Gasteiger partial charge in [0.1, 0.15) is 5.60 Å². The van der Waals surface area contributed by atoms with Crippen LogP contribution in [0.2, 0.25) is 5.02 Å². The van der Waals surface area contributed by atoms with Crippen LogP contribution in [0.4, 0.5) is 0 Å². The summed E-state index contributed by atoms with van der Waals surface area (Å²) in [5.41, 5.74) is 0.0886. The number of halogens is 2. The SMILES string of the molecule is COC1(C(=O)NCCc2nc(-c3ccc(Cl)cc3)no2)CCNCC1.Cl. The molecule has 26 heavy (non-hydrogen) atoms. The van der Waals surface area contributed by atoms with Crippen molar-refractivity contribution < 1.29 is 14.1 Å². The summed E-state index contributed by atoms with van der Waals surface area (Å²) in [6, 6.07) is 7.21. The summed E-state index contributed by atoms with van der Waals surface area (Å²) >= 11 is 5.87. The summed E-state index contributed by atoms with van der Waals surface area (Å²) < 4.78 is 10.7. The third kappa shape index (κ3) is 4.73. The molecule has 2 aromatic rings. The number of ether oxygens (including phenoxy) is 1. The van der Waals surface area contributed by atoms with Crippen LogP contribution < -0.4 is 10.6 Å². The van der Waals surface area contributed by atoms with Gasteiger partial charge in [0.25, 0.3) is 5.91 Å². The van der Waals surface area contributed by atoms with Crippen molar-refractivity contribution in [3.05, 3.63) is 35.2 Å². The first-order valence-corrected chi connectivity index (χ1v) is 8.63. The maximum Gasteiger partial charge on any atom is 0.252 e. The molecule has 1 aliphatic rings. The average Bonchev–Trinajstić information content (AvgIpc) is 3.11. The van der Waals surface area contributed by atoms with Gasteiger partial charge in [-0.1, -0.05) is 16.8 Å². The molecule has 0 unspecified atom stereocenters. The summed E-state index contributed by atoms with van der Waals surface area (Å²) in [5, 5.41) is 10.8. The first kappa shape index (κ1) is 20.6. The molecule has 3 rings (SSSR count). The smallest absolute Gasteiger partial charge is 0.252 e. The monoisotopic (exact) mass is 400 g/mol. The topological polar surface area (TPSA) is 89.3 Å².